The SMILES string of the molecule is CCOC(=O)C(CC)(C(=O)OCC)N1CCOCC1. The summed E-state index contributed by atoms with van der Waals surface area (Å²) in [5.74, 6) is -1.06. The summed E-state index contributed by atoms with van der Waals surface area (Å²) in [7, 11) is 0. The van der Waals surface area contributed by atoms with Crippen LogP contribution in [0.1, 0.15) is 27.2 Å². The van der Waals surface area contributed by atoms with E-state index < -0.39 is 17.5 Å². The van der Waals surface area contributed by atoms with Crippen LogP contribution in [0.3, 0.4) is 0 Å². The lowest BCUT2D eigenvalue weighted by molar-refractivity contribution is -0.179. The topological polar surface area (TPSA) is 65.1 Å². The number of hydrogen-bond donors (Lipinski definition) is 0. The first-order valence-corrected chi connectivity index (χ1v) is 6.80. The van der Waals surface area contributed by atoms with E-state index in [1.54, 1.807) is 20.8 Å². The van der Waals surface area contributed by atoms with Crippen molar-refractivity contribution in [3.8, 4) is 0 Å². The summed E-state index contributed by atoms with van der Waals surface area (Å²) >= 11 is 0. The average Bonchev–Trinajstić information content (AvgIpc) is 2.42. The molecule has 0 aromatic rings. The van der Waals surface area contributed by atoms with Crippen molar-refractivity contribution >= 4 is 11.9 Å². The minimum absolute atomic E-state index is 0.240. The second-order valence-corrected chi connectivity index (χ2v) is 4.25. The van der Waals surface area contributed by atoms with Crippen LogP contribution in [0.4, 0.5) is 0 Å². The van der Waals surface area contributed by atoms with E-state index in [1.807, 2.05) is 4.90 Å². The van der Waals surface area contributed by atoms with E-state index in [1.165, 1.54) is 0 Å². The van der Waals surface area contributed by atoms with Crippen LogP contribution < -0.4 is 0 Å². The lowest BCUT2D eigenvalue weighted by Gasteiger charge is -2.40. The van der Waals surface area contributed by atoms with Crippen molar-refractivity contribution in [2.75, 3.05) is 39.5 Å². The van der Waals surface area contributed by atoms with Crippen molar-refractivity contribution in [1.82, 2.24) is 4.90 Å². The first-order chi connectivity index (χ1) is 9.13. The molecular formula is C13H23NO5. The van der Waals surface area contributed by atoms with E-state index in [4.69, 9.17) is 14.2 Å². The quantitative estimate of drug-likeness (QED) is 0.521. The molecule has 0 unspecified atom stereocenters. The maximum Gasteiger partial charge on any atom is 0.338 e. The van der Waals surface area contributed by atoms with Gasteiger partial charge in [0.2, 0.25) is 5.54 Å². The Bertz CT molecular complexity index is 294. The molecule has 0 bridgehead atoms. The number of rotatable bonds is 6. The molecule has 1 aliphatic rings. The molecule has 1 aliphatic heterocycles. The van der Waals surface area contributed by atoms with Gasteiger partial charge >= 0.3 is 11.9 Å². The molecule has 0 N–H and O–H groups in total. The Kier molecular flexibility index (Phi) is 6.24. The molecule has 0 atom stereocenters. The smallest absolute Gasteiger partial charge is 0.338 e. The number of carbonyl (C=O) groups excluding carboxylic acids is 2. The fourth-order valence-electron chi connectivity index (χ4n) is 2.30. The maximum absolute atomic E-state index is 12.3. The third-order valence-corrected chi connectivity index (χ3v) is 3.29. The van der Waals surface area contributed by atoms with E-state index in [2.05, 4.69) is 0 Å². The minimum Gasteiger partial charge on any atom is -0.464 e. The molecule has 1 rings (SSSR count). The van der Waals surface area contributed by atoms with E-state index in [9.17, 15) is 9.59 Å². The second kappa shape index (κ2) is 7.45. The normalized spacial score (nSPS) is 17.0. The monoisotopic (exact) mass is 273 g/mol. The lowest BCUT2D eigenvalue weighted by Crippen LogP contribution is -2.63. The fourth-order valence-corrected chi connectivity index (χ4v) is 2.30. The van der Waals surface area contributed by atoms with Gasteiger partial charge in [-0.1, -0.05) is 6.92 Å². The van der Waals surface area contributed by atoms with Gasteiger partial charge in [0.1, 0.15) is 0 Å². The van der Waals surface area contributed by atoms with Gasteiger partial charge in [-0.2, -0.15) is 0 Å². The van der Waals surface area contributed by atoms with Crippen molar-refractivity contribution in [3.63, 3.8) is 0 Å². The van der Waals surface area contributed by atoms with Crippen molar-refractivity contribution in [2.24, 2.45) is 0 Å². The molecule has 0 spiro atoms. The molecule has 110 valence electrons. The minimum atomic E-state index is -1.34. The summed E-state index contributed by atoms with van der Waals surface area (Å²) in [5, 5.41) is 0. The molecule has 1 fully saturated rings. The Morgan fingerprint density at radius 2 is 1.53 bits per heavy atom. The highest BCUT2D eigenvalue weighted by Gasteiger charge is 2.52. The Balaban J connectivity index is 3.03. The molecule has 19 heavy (non-hydrogen) atoms. The molecule has 0 saturated carbocycles. The van der Waals surface area contributed by atoms with Crippen LogP contribution in [0.5, 0.6) is 0 Å². The fraction of sp³-hybridized carbons (Fsp3) is 0.846. The first-order valence-electron chi connectivity index (χ1n) is 6.80. The predicted molar refractivity (Wildman–Crippen MR) is 68.7 cm³/mol. The van der Waals surface area contributed by atoms with Crippen molar-refractivity contribution in [3.05, 3.63) is 0 Å². The number of morpholine rings is 1. The van der Waals surface area contributed by atoms with Crippen LogP contribution in [0.15, 0.2) is 0 Å². The van der Waals surface area contributed by atoms with Gasteiger partial charge in [0.05, 0.1) is 26.4 Å². The van der Waals surface area contributed by atoms with Crippen LogP contribution in [0, 0.1) is 0 Å². The van der Waals surface area contributed by atoms with Crippen molar-refractivity contribution < 1.29 is 23.8 Å². The third-order valence-electron chi connectivity index (χ3n) is 3.29. The summed E-state index contributed by atoms with van der Waals surface area (Å²) in [6, 6.07) is 0. The number of ether oxygens (including phenoxy) is 3. The van der Waals surface area contributed by atoms with Crippen LogP contribution in [-0.2, 0) is 23.8 Å². The zero-order chi connectivity index (χ0) is 14.3. The molecular weight excluding hydrogens is 250 g/mol. The summed E-state index contributed by atoms with van der Waals surface area (Å²) in [5.41, 5.74) is -1.34. The highest BCUT2D eigenvalue weighted by Crippen LogP contribution is 2.25. The van der Waals surface area contributed by atoms with Gasteiger partial charge in [0.15, 0.2) is 0 Å². The molecule has 6 nitrogen and oxygen atoms in total. The van der Waals surface area contributed by atoms with Crippen LogP contribution >= 0.6 is 0 Å². The molecule has 0 aromatic carbocycles. The van der Waals surface area contributed by atoms with Crippen LogP contribution in [-0.4, -0.2) is 61.9 Å². The highest BCUT2D eigenvalue weighted by molar-refractivity contribution is 6.05. The number of esters is 2. The Hall–Kier alpha value is -1.14. The molecule has 0 aromatic heterocycles. The largest absolute Gasteiger partial charge is 0.464 e. The second-order valence-electron chi connectivity index (χ2n) is 4.25. The number of nitrogens with zero attached hydrogens (tertiary/aromatic N) is 1. The van der Waals surface area contributed by atoms with E-state index in [0.717, 1.165) is 0 Å². The zero-order valence-corrected chi connectivity index (χ0v) is 11.9. The van der Waals surface area contributed by atoms with Gasteiger partial charge in [-0.15, -0.1) is 0 Å². The van der Waals surface area contributed by atoms with Gasteiger partial charge in [-0.25, -0.2) is 9.59 Å². The lowest BCUT2D eigenvalue weighted by atomic mass is 9.93. The molecule has 0 amide bonds. The molecule has 0 aliphatic carbocycles. The summed E-state index contributed by atoms with van der Waals surface area (Å²) < 4.78 is 15.5. The van der Waals surface area contributed by atoms with Gasteiger partial charge < -0.3 is 14.2 Å². The summed E-state index contributed by atoms with van der Waals surface area (Å²) in [6.07, 6.45) is 0.324. The molecule has 0 radical (unpaired) electrons. The van der Waals surface area contributed by atoms with Crippen molar-refractivity contribution in [2.45, 2.75) is 32.7 Å². The Morgan fingerprint density at radius 1 is 1.05 bits per heavy atom. The standard InChI is InChI=1S/C13H23NO5/c1-4-13(11(15)18-5-2,12(16)19-6-3)14-7-9-17-10-8-14/h4-10H2,1-3H3. The summed E-state index contributed by atoms with van der Waals surface area (Å²) in [6.45, 7) is 7.77. The summed E-state index contributed by atoms with van der Waals surface area (Å²) in [4.78, 5) is 26.4. The molecule has 1 heterocycles. The van der Waals surface area contributed by atoms with Crippen LogP contribution in [0.25, 0.3) is 0 Å². The molecule has 1 saturated heterocycles. The Morgan fingerprint density at radius 3 is 1.89 bits per heavy atom. The van der Waals surface area contributed by atoms with Crippen molar-refractivity contribution in [1.29, 1.82) is 0 Å². The van der Waals surface area contributed by atoms with Gasteiger partial charge in [0, 0.05) is 13.1 Å². The van der Waals surface area contributed by atoms with Gasteiger partial charge in [0.25, 0.3) is 0 Å². The number of carbonyl (C=O) groups is 2. The first kappa shape index (κ1) is 15.9. The molecule has 6 heteroatoms. The van der Waals surface area contributed by atoms with E-state index in [-0.39, 0.29) is 13.2 Å². The zero-order valence-electron chi connectivity index (χ0n) is 11.9. The highest BCUT2D eigenvalue weighted by atomic mass is 16.6. The predicted octanol–water partition coefficient (Wildman–Crippen LogP) is 0.594. The van der Waals surface area contributed by atoms with Gasteiger partial charge in [-0.05, 0) is 20.3 Å². The maximum atomic E-state index is 12.3. The Labute approximate surface area is 114 Å². The van der Waals surface area contributed by atoms with E-state index >= 15 is 0 Å². The van der Waals surface area contributed by atoms with E-state index in [0.29, 0.717) is 32.7 Å². The van der Waals surface area contributed by atoms with Gasteiger partial charge in [-0.3, -0.25) is 4.90 Å². The third kappa shape index (κ3) is 3.25. The average molecular weight is 273 g/mol. The van der Waals surface area contributed by atoms with Crippen LogP contribution in [0.2, 0.25) is 0 Å². The number of hydrogen-bond acceptors (Lipinski definition) is 6.